The van der Waals surface area contributed by atoms with E-state index >= 15 is 0 Å². The SMILES string of the molecule is NC(=NCc1ccccc1C(F)(F)F)C1CCCC1. The number of nitrogens with two attached hydrogens (primary N) is 1. The van der Waals surface area contributed by atoms with E-state index in [1.807, 2.05) is 0 Å². The van der Waals surface area contributed by atoms with Crippen LogP contribution in [0.25, 0.3) is 0 Å². The monoisotopic (exact) mass is 270 g/mol. The predicted octanol–water partition coefficient (Wildman–Crippen LogP) is 3.75. The number of amidine groups is 1. The fourth-order valence-corrected chi connectivity index (χ4v) is 2.46. The molecule has 0 amide bonds. The van der Waals surface area contributed by atoms with Gasteiger partial charge in [0.2, 0.25) is 0 Å². The normalized spacial score (nSPS) is 17.9. The summed E-state index contributed by atoms with van der Waals surface area (Å²) in [5, 5.41) is 0. The molecule has 0 heterocycles. The van der Waals surface area contributed by atoms with Gasteiger partial charge in [-0.05, 0) is 24.5 Å². The van der Waals surface area contributed by atoms with E-state index in [9.17, 15) is 13.2 Å². The molecule has 19 heavy (non-hydrogen) atoms. The van der Waals surface area contributed by atoms with Crippen molar-refractivity contribution in [2.45, 2.75) is 38.4 Å². The Morgan fingerprint density at radius 3 is 2.47 bits per heavy atom. The van der Waals surface area contributed by atoms with Crippen LogP contribution in [-0.4, -0.2) is 5.84 Å². The highest BCUT2D eigenvalue weighted by Gasteiger charge is 2.32. The Balaban J connectivity index is 2.13. The molecule has 104 valence electrons. The molecule has 0 spiro atoms. The van der Waals surface area contributed by atoms with E-state index in [0.29, 0.717) is 5.84 Å². The molecule has 0 bridgehead atoms. The first-order chi connectivity index (χ1) is 8.98. The van der Waals surface area contributed by atoms with Crippen molar-refractivity contribution >= 4 is 5.84 Å². The summed E-state index contributed by atoms with van der Waals surface area (Å²) in [6.45, 7) is -0.00197. The topological polar surface area (TPSA) is 38.4 Å². The van der Waals surface area contributed by atoms with Gasteiger partial charge in [0.1, 0.15) is 0 Å². The van der Waals surface area contributed by atoms with Gasteiger partial charge in [0.05, 0.1) is 17.9 Å². The first kappa shape index (κ1) is 13.9. The molecule has 0 aliphatic heterocycles. The highest BCUT2D eigenvalue weighted by Crippen LogP contribution is 2.32. The van der Waals surface area contributed by atoms with Gasteiger partial charge < -0.3 is 5.73 Å². The average molecular weight is 270 g/mol. The Hall–Kier alpha value is -1.52. The van der Waals surface area contributed by atoms with E-state index < -0.39 is 11.7 Å². The minimum absolute atomic E-state index is 0.00197. The van der Waals surface area contributed by atoms with E-state index in [1.165, 1.54) is 12.1 Å². The van der Waals surface area contributed by atoms with Crippen molar-refractivity contribution in [2.75, 3.05) is 0 Å². The van der Waals surface area contributed by atoms with Crippen LogP contribution >= 0.6 is 0 Å². The van der Waals surface area contributed by atoms with Crippen LogP contribution in [0.15, 0.2) is 29.3 Å². The summed E-state index contributed by atoms with van der Waals surface area (Å²) in [6, 6.07) is 5.51. The highest BCUT2D eigenvalue weighted by molar-refractivity contribution is 5.83. The van der Waals surface area contributed by atoms with Crippen molar-refractivity contribution in [1.29, 1.82) is 0 Å². The lowest BCUT2D eigenvalue weighted by molar-refractivity contribution is -0.138. The Morgan fingerprint density at radius 1 is 1.21 bits per heavy atom. The van der Waals surface area contributed by atoms with Gasteiger partial charge in [-0.15, -0.1) is 0 Å². The van der Waals surface area contributed by atoms with E-state index in [2.05, 4.69) is 4.99 Å². The Bertz CT molecular complexity index is 460. The van der Waals surface area contributed by atoms with E-state index in [0.717, 1.165) is 31.7 Å². The smallest absolute Gasteiger partial charge is 0.387 e. The van der Waals surface area contributed by atoms with Crippen molar-refractivity contribution < 1.29 is 13.2 Å². The van der Waals surface area contributed by atoms with Crippen LogP contribution in [0.2, 0.25) is 0 Å². The quantitative estimate of drug-likeness (QED) is 0.659. The molecule has 0 saturated heterocycles. The lowest BCUT2D eigenvalue weighted by atomic mass is 10.1. The highest BCUT2D eigenvalue weighted by atomic mass is 19.4. The fourth-order valence-electron chi connectivity index (χ4n) is 2.46. The van der Waals surface area contributed by atoms with E-state index in [-0.39, 0.29) is 18.0 Å². The molecule has 0 radical (unpaired) electrons. The summed E-state index contributed by atoms with van der Waals surface area (Å²) >= 11 is 0. The second-order valence-electron chi connectivity index (χ2n) is 4.88. The summed E-state index contributed by atoms with van der Waals surface area (Å²) < 4.78 is 38.4. The Kier molecular flexibility index (Phi) is 4.12. The largest absolute Gasteiger partial charge is 0.416 e. The molecule has 2 rings (SSSR count). The summed E-state index contributed by atoms with van der Waals surface area (Å²) in [5.74, 6) is 0.743. The first-order valence-corrected chi connectivity index (χ1v) is 6.43. The van der Waals surface area contributed by atoms with Crippen LogP contribution in [0.4, 0.5) is 13.2 Å². The standard InChI is InChI=1S/C14H17F3N2/c15-14(16,17)12-8-4-3-7-11(12)9-19-13(18)10-5-1-2-6-10/h3-4,7-8,10H,1-2,5-6,9H2,(H2,18,19). The molecule has 1 aliphatic rings. The van der Waals surface area contributed by atoms with Gasteiger partial charge >= 0.3 is 6.18 Å². The average Bonchev–Trinajstić information content (AvgIpc) is 2.89. The molecule has 2 nitrogen and oxygen atoms in total. The van der Waals surface area contributed by atoms with Gasteiger partial charge in [0, 0.05) is 5.92 Å². The van der Waals surface area contributed by atoms with E-state index in [1.54, 1.807) is 6.07 Å². The number of rotatable bonds is 3. The minimum atomic E-state index is -4.34. The molecule has 1 aliphatic carbocycles. The summed E-state index contributed by atoms with van der Waals surface area (Å²) in [6.07, 6.45) is -0.0964. The zero-order valence-corrected chi connectivity index (χ0v) is 10.6. The van der Waals surface area contributed by atoms with Crippen LogP contribution in [0.5, 0.6) is 0 Å². The molecule has 0 atom stereocenters. The van der Waals surface area contributed by atoms with Gasteiger partial charge in [-0.25, -0.2) is 0 Å². The van der Waals surface area contributed by atoms with Gasteiger partial charge in [-0.2, -0.15) is 13.2 Å². The summed E-state index contributed by atoms with van der Waals surface area (Å²) in [5.41, 5.74) is 5.40. The molecule has 2 N–H and O–H groups in total. The first-order valence-electron chi connectivity index (χ1n) is 6.43. The van der Waals surface area contributed by atoms with Crippen LogP contribution in [0, 0.1) is 5.92 Å². The molecular formula is C14H17F3N2. The van der Waals surface area contributed by atoms with Crippen molar-refractivity contribution in [1.82, 2.24) is 0 Å². The second-order valence-corrected chi connectivity index (χ2v) is 4.88. The van der Waals surface area contributed by atoms with Gasteiger partial charge in [-0.3, -0.25) is 4.99 Å². The maximum absolute atomic E-state index is 12.8. The maximum Gasteiger partial charge on any atom is 0.416 e. The summed E-state index contributed by atoms with van der Waals surface area (Å²) in [4.78, 5) is 4.15. The van der Waals surface area contributed by atoms with Gasteiger partial charge in [-0.1, -0.05) is 31.0 Å². The van der Waals surface area contributed by atoms with Crippen molar-refractivity contribution in [3.8, 4) is 0 Å². The van der Waals surface area contributed by atoms with Crippen LogP contribution in [0.3, 0.4) is 0 Å². The molecule has 1 aromatic carbocycles. The molecule has 1 aromatic rings. The molecule has 1 saturated carbocycles. The number of alkyl halides is 3. The van der Waals surface area contributed by atoms with Gasteiger partial charge in [0.15, 0.2) is 0 Å². The molecule has 0 aromatic heterocycles. The number of aliphatic imine (C=N–C) groups is 1. The zero-order valence-electron chi connectivity index (χ0n) is 10.6. The van der Waals surface area contributed by atoms with Crippen molar-refractivity contribution in [3.05, 3.63) is 35.4 Å². The number of hydrogen-bond donors (Lipinski definition) is 1. The predicted molar refractivity (Wildman–Crippen MR) is 68.7 cm³/mol. The van der Waals surface area contributed by atoms with Crippen molar-refractivity contribution in [2.24, 2.45) is 16.6 Å². The molecule has 0 unspecified atom stereocenters. The van der Waals surface area contributed by atoms with Crippen LogP contribution in [0.1, 0.15) is 36.8 Å². The number of hydrogen-bond acceptors (Lipinski definition) is 1. The third-order valence-electron chi connectivity index (χ3n) is 3.53. The van der Waals surface area contributed by atoms with E-state index in [4.69, 9.17) is 5.73 Å². The Morgan fingerprint density at radius 2 is 1.84 bits per heavy atom. The molecular weight excluding hydrogens is 253 g/mol. The number of nitrogens with zero attached hydrogens (tertiary/aromatic N) is 1. The van der Waals surface area contributed by atoms with Crippen molar-refractivity contribution in [3.63, 3.8) is 0 Å². The molecule has 1 fully saturated rings. The zero-order chi connectivity index (χ0) is 13.9. The number of benzene rings is 1. The number of halogens is 3. The third kappa shape index (κ3) is 3.49. The fraction of sp³-hybridized carbons (Fsp3) is 0.500. The Labute approximate surface area is 110 Å². The lowest BCUT2D eigenvalue weighted by Crippen LogP contribution is -2.21. The minimum Gasteiger partial charge on any atom is -0.387 e. The van der Waals surface area contributed by atoms with Crippen LogP contribution in [-0.2, 0) is 12.7 Å². The van der Waals surface area contributed by atoms with Gasteiger partial charge in [0.25, 0.3) is 0 Å². The molecule has 5 heteroatoms. The third-order valence-corrected chi connectivity index (χ3v) is 3.53. The lowest BCUT2D eigenvalue weighted by Gasteiger charge is -2.12. The second kappa shape index (κ2) is 5.63. The van der Waals surface area contributed by atoms with Crippen LogP contribution < -0.4 is 5.73 Å². The maximum atomic E-state index is 12.8. The summed E-state index contributed by atoms with van der Waals surface area (Å²) in [7, 11) is 0.